The Balaban J connectivity index is 1.46. The van der Waals surface area contributed by atoms with Crippen LogP contribution in [-0.2, 0) is 30.3 Å². The van der Waals surface area contributed by atoms with E-state index >= 15 is 0 Å². The van der Waals surface area contributed by atoms with Crippen LogP contribution in [0.3, 0.4) is 0 Å². The number of aliphatic carboxylic acids is 1. The number of rotatable bonds is 15. The third-order valence-corrected chi connectivity index (χ3v) is 8.35. The van der Waals surface area contributed by atoms with Crippen molar-refractivity contribution < 1.29 is 33.8 Å². The van der Waals surface area contributed by atoms with Gasteiger partial charge in [-0.15, -0.1) is 11.8 Å². The SMILES string of the molecule is CC(=O)NCSC[C@H](NC(=O)OCC1c2ccccc2-c2ccccc21)C(=O)N[C@@H](Cc1cnc[nH]1)C(=O)N[C@@H](CS)C(=O)O. The maximum Gasteiger partial charge on any atom is 0.407 e. The maximum atomic E-state index is 13.5. The fraction of sp³-hybridized carbons (Fsp3) is 0.333. The first-order valence-electron chi connectivity index (χ1n) is 14.0. The highest BCUT2D eigenvalue weighted by atomic mass is 32.2. The zero-order chi connectivity index (χ0) is 32.3. The standard InChI is InChI=1S/C30H34N6O7S2/c1-17(37)33-16-45-14-26(28(39)34-24(10-18-11-31-15-32-18)27(38)35-25(13-44)29(40)41)36-30(42)43-12-23-21-8-4-2-6-19(21)20-7-3-5-9-22(20)23/h2-9,11,15,23-26,44H,10,12-14,16H2,1H3,(H,31,32)(H,33,37)(H,34,39)(H,35,38)(H,36,42)(H,40,41)/t24-,25-,26-/m0/s1. The Labute approximate surface area is 269 Å². The van der Waals surface area contributed by atoms with Crippen molar-refractivity contribution in [2.45, 2.75) is 37.4 Å². The van der Waals surface area contributed by atoms with Crippen LogP contribution in [0.4, 0.5) is 4.79 Å². The molecule has 13 nitrogen and oxygen atoms in total. The molecule has 0 saturated carbocycles. The van der Waals surface area contributed by atoms with Gasteiger partial charge in [0.1, 0.15) is 24.7 Å². The van der Waals surface area contributed by atoms with Crippen molar-refractivity contribution >= 4 is 54.2 Å². The van der Waals surface area contributed by atoms with E-state index in [0.29, 0.717) is 5.69 Å². The summed E-state index contributed by atoms with van der Waals surface area (Å²) in [6, 6.07) is 12.1. The van der Waals surface area contributed by atoms with Crippen LogP contribution in [-0.4, -0.2) is 87.0 Å². The van der Waals surface area contributed by atoms with E-state index in [4.69, 9.17) is 4.74 Å². The Kier molecular flexibility index (Phi) is 11.9. The number of imidazole rings is 1. The lowest BCUT2D eigenvalue weighted by atomic mass is 9.98. The fourth-order valence-corrected chi connectivity index (χ4v) is 5.99. The highest BCUT2D eigenvalue weighted by Gasteiger charge is 2.32. The van der Waals surface area contributed by atoms with Gasteiger partial charge in [-0.05, 0) is 22.3 Å². The van der Waals surface area contributed by atoms with Gasteiger partial charge >= 0.3 is 12.1 Å². The lowest BCUT2D eigenvalue weighted by Gasteiger charge is -2.24. The molecule has 3 atom stereocenters. The van der Waals surface area contributed by atoms with E-state index in [-0.39, 0.29) is 42.2 Å². The van der Waals surface area contributed by atoms with Gasteiger partial charge in [-0.1, -0.05) is 48.5 Å². The number of ether oxygens (including phenoxy) is 1. The number of hydrogen-bond acceptors (Lipinski definition) is 9. The van der Waals surface area contributed by atoms with Crippen molar-refractivity contribution in [3.63, 3.8) is 0 Å². The second-order valence-electron chi connectivity index (χ2n) is 10.2. The van der Waals surface area contributed by atoms with Gasteiger partial charge in [0, 0.05) is 42.7 Å². The molecule has 6 N–H and O–H groups in total. The predicted molar refractivity (Wildman–Crippen MR) is 171 cm³/mol. The minimum absolute atomic E-state index is 0.0262. The van der Waals surface area contributed by atoms with Crippen LogP contribution in [0.1, 0.15) is 29.7 Å². The van der Waals surface area contributed by atoms with E-state index in [9.17, 15) is 29.1 Å². The van der Waals surface area contributed by atoms with Gasteiger partial charge < -0.3 is 36.1 Å². The molecule has 0 aliphatic heterocycles. The molecule has 2 aromatic carbocycles. The number of carboxylic acid groups (broad SMARTS) is 1. The summed E-state index contributed by atoms with van der Waals surface area (Å²) in [4.78, 5) is 69.2. The summed E-state index contributed by atoms with van der Waals surface area (Å²) < 4.78 is 5.62. The van der Waals surface area contributed by atoms with Crippen molar-refractivity contribution in [2.24, 2.45) is 0 Å². The number of hydrogen-bond donors (Lipinski definition) is 7. The van der Waals surface area contributed by atoms with E-state index in [1.165, 1.54) is 31.2 Å². The largest absolute Gasteiger partial charge is 0.480 e. The summed E-state index contributed by atoms with van der Waals surface area (Å²) in [5, 5.41) is 19.5. The monoisotopic (exact) mass is 654 g/mol. The van der Waals surface area contributed by atoms with Gasteiger partial charge in [-0.2, -0.15) is 12.6 Å². The molecule has 1 aliphatic carbocycles. The van der Waals surface area contributed by atoms with E-state index in [1.54, 1.807) is 0 Å². The zero-order valence-corrected chi connectivity index (χ0v) is 26.0. The number of fused-ring (bicyclic) bond motifs is 3. The van der Waals surface area contributed by atoms with E-state index in [0.717, 1.165) is 22.3 Å². The van der Waals surface area contributed by atoms with Crippen LogP contribution in [0, 0.1) is 0 Å². The predicted octanol–water partition coefficient (Wildman–Crippen LogP) is 1.67. The Bertz CT molecular complexity index is 1470. The van der Waals surface area contributed by atoms with Crippen molar-refractivity contribution in [1.82, 2.24) is 31.2 Å². The molecule has 1 aliphatic rings. The quantitative estimate of drug-likeness (QED) is 0.0726. The molecular formula is C30H34N6O7S2. The van der Waals surface area contributed by atoms with E-state index in [2.05, 4.69) is 43.9 Å². The zero-order valence-electron chi connectivity index (χ0n) is 24.3. The fourth-order valence-electron chi connectivity index (χ4n) is 4.85. The Morgan fingerprint density at radius 3 is 2.16 bits per heavy atom. The van der Waals surface area contributed by atoms with Gasteiger partial charge in [-0.25, -0.2) is 14.6 Å². The van der Waals surface area contributed by atoms with Crippen molar-refractivity contribution in [2.75, 3.05) is 24.0 Å². The summed E-state index contributed by atoms with van der Waals surface area (Å²) in [5.41, 5.74) is 4.70. The number of alkyl carbamates (subject to hydrolysis) is 1. The van der Waals surface area contributed by atoms with Crippen LogP contribution >= 0.6 is 24.4 Å². The van der Waals surface area contributed by atoms with Crippen LogP contribution in [0.2, 0.25) is 0 Å². The molecule has 0 spiro atoms. The van der Waals surface area contributed by atoms with Gasteiger partial charge in [0.05, 0.1) is 12.2 Å². The number of thiol groups is 1. The molecule has 0 fully saturated rings. The first-order valence-corrected chi connectivity index (χ1v) is 15.8. The molecule has 15 heteroatoms. The number of H-pyrrole nitrogens is 1. The average molecular weight is 655 g/mol. The van der Waals surface area contributed by atoms with Crippen LogP contribution in [0.15, 0.2) is 61.1 Å². The van der Waals surface area contributed by atoms with Crippen molar-refractivity contribution in [3.8, 4) is 11.1 Å². The second-order valence-corrected chi connectivity index (χ2v) is 11.6. The second kappa shape index (κ2) is 16.0. The van der Waals surface area contributed by atoms with Crippen LogP contribution in [0.25, 0.3) is 11.1 Å². The summed E-state index contributed by atoms with van der Waals surface area (Å²) >= 11 is 5.16. The lowest BCUT2D eigenvalue weighted by Crippen LogP contribution is -2.57. The summed E-state index contributed by atoms with van der Waals surface area (Å²) in [5.74, 6) is -3.18. The first-order chi connectivity index (χ1) is 21.7. The van der Waals surface area contributed by atoms with Crippen LogP contribution < -0.4 is 21.3 Å². The number of carbonyl (C=O) groups is 5. The Morgan fingerprint density at radius 1 is 0.956 bits per heavy atom. The maximum absolute atomic E-state index is 13.5. The summed E-state index contributed by atoms with van der Waals surface area (Å²) in [6.07, 6.45) is 2.00. The highest BCUT2D eigenvalue weighted by molar-refractivity contribution is 7.99. The molecule has 4 rings (SSSR count). The number of nitrogens with one attached hydrogen (secondary N) is 5. The number of carboxylic acids is 1. The number of nitrogens with zero attached hydrogens (tertiary/aromatic N) is 1. The molecule has 1 heterocycles. The third-order valence-electron chi connectivity index (χ3n) is 7.07. The first kappa shape index (κ1) is 33.4. The highest BCUT2D eigenvalue weighted by Crippen LogP contribution is 2.44. The number of amides is 4. The molecule has 1 aromatic heterocycles. The average Bonchev–Trinajstić information content (AvgIpc) is 3.65. The van der Waals surface area contributed by atoms with Gasteiger partial charge in [0.25, 0.3) is 0 Å². The number of aromatic nitrogens is 2. The van der Waals surface area contributed by atoms with Crippen molar-refractivity contribution in [1.29, 1.82) is 0 Å². The van der Waals surface area contributed by atoms with E-state index < -0.39 is 42.0 Å². The number of benzene rings is 2. The topological polar surface area (TPSA) is 192 Å². The summed E-state index contributed by atoms with van der Waals surface area (Å²) in [7, 11) is 0. The van der Waals surface area contributed by atoms with Gasteiger partial charge in [-0.3, -0.25) is 14.4 Å². The number of aromatic amines is 1. The molecule has 0 radical (unpaired) electrons. The lowest BCUT2D eigenvalue weighted by molar-refractivity contribution is -0.141. The minimum Gasteiger partial charge on any atom is -0.480 e. The number of carbonyl (C=O) groups excluding carboxylic acids is 4. The molecular weight excluding hydrogens is 620 g/mol. The van der Waals surface area contributed by atoms with E-state index in [1.807, 2.05) is 48.5 Å². The molecule has 3 aromatic rings. The minimum atomic E-state index is -1.29. The third kappa shape index (κ3) is 9.01. The smallest absolute Gasteiger partial charge is 0.407 e. The van der Waals surface area contributed by atoms with Crippen molar-refractivity contribution in [3.05, 3.63) is 77.9 Å². The van der Waals surface area contributed by atoms with Gasteiger partial charge in [0.2, 0.25) is 17.7 Å². The molecule has 0 bridgehead atoms. The Hall–Kier alpha value is -4.50. The number of thioether (sulfide) groups is 1. The van der Waals surface area contributed by atoms with Crippen LogP contribution in [0.5, 0.6) is 0 Å². The van der Waals surface area contributed by atoms with Gasteiger partial charge in [0.15, 0.2) is 0 Å². The molecule has 4 amide bonds. The Morgan fingerprint density at radius 2 is 1.58 bits per heavy atom. The molecule has 0 saturated heterocycles. The molecule has 0 unspecified atom stereocenters. The summed E-state index contributed by atoms with van der Waals surface area (Å²) in [6.45, 7) is 1.38. The normalized spacial score (nSPS) is 13.8. The molecule has 45 heavy (non-hydrogen) atoms. The molecule has 238 valence electrons.